The molecule has 1 unspecified atom stereocenters. The average molecular weight is 371 g/mol. The van der Waals surface area contributed by atoms with Gasteiger partial charge in [0, 0.05) is 32.2 Å². The first kappa shape index (κ1) is 22.7. The minimum Gasteiger partial charge on any atom is -0.444 e. The van der Waals surface area contributed by atoms with Crippen LogP contribution in [0.25, 0.3) is 0 Å². The van der Waals surface area contributed by atoms with Crippen molar-refractivity contribution in [2.75, 3.05) is 26.2 Å². The molecule has 0 aromatic rings. The van der Waals surface area contributed by atoms with Crippen LogP contribution in [0.3, 0.4) is 0 Å². The summed E-state index contributed by atoms with van der Waals surface area (Å²) in [5.74, 6) is 0.632. The van der Waals surface area contributed by atoms with E-state index in [1.165, 1.54) is 0 Å². The molecule has 0 radical (unpaired) electrons. The van der Waals surface area contributed by atoms with Crippen molar-refractivity contribution in [2.45, 2.75) is 78.0 Å². The van der Waals surface area contributed by atoms with Gasteiger partial charge in [-0.1, -0.05) is 26.7 Å². The molecule has 1 rings (SSSR count). The highest BCUT2D eigenvalue weighted by Gasteiger charge is 2.31. The summed E-state index contributed by atoms with van der Waals surface area (Å²) >= 11 is 0. The van der Waals surface area contributed by atoms with Gasteiger partial charge in [0.05, 0.1) is 6.04 Å². The molecule has 1 saturated heterocycles. The van der Waals surface area contributed by atoms with E-state index in [1.807, 2.05) is 25.7 Å². The molecule has 1 aliphatic heterocycles. The van der Waals surface area contributed by atoms with Crippen molar-refractivity contribution in [2.24, 2.45) is 11.7 Å². The molecule has 0 aromatic carbocycles. The number of alkyl carbamates (subject to hydrolysis) is 1. The van der Waals surface area contributed by atoms with Crippen LogP contribution >= 0.6 is 0 Å². The van der Waals surface area contributed by atoms with Gasteiger partial charge in [0.1, 0.15) is 5.60 Å². The molecule has 152 valence electrons. The fraction of sp³-hybridized carbons (Fsp3) is 0.895. The number of ether oxygens (including phenoxy) is 1. The molecule has 0 aromatic heterocycles. The Hall–Kier alpha value is -1.34. The van der Waals surface area contributed by atoms with Gasteiger partial charge in [-0.25, -0.2) is 4.79 Å². The molecule has 7 heteroatoms. The minimum absolute atomic E-state index is 0.110. The predicted octanol–water partition coefficient (Wildman–Crippen LogP) is 1.86. The lowest BCUT2D eigenvalue weighted by Gasteiger charge is -2.28. The van der Waals surface area contributed by atoms with Gasteiger partial charge < -0.3 is 26.0 Å². The van der Waals surface area contributed by atoms with Crippen molar-refractivity contribution in [3.63, 3.8) is 0 Å². The van der Waals surface area contributed by atoms with Crippen LogP contribution in [0.1, 0.15) is 60.3 Å². The smallest absolute Gasteiger partial charge is 0.407 e. The molecule has 1 fully saturated rings. The van der Waals surface area contributed by atoms with Gasteiger partial charge in [0.2, 0.25) is 5.91 Å². The largest absolute Gasteiger partial charge is 0.444 e. The topological polar surface area (TPSA) is 96.7 Å². The van der Waals surface area contributed by atoms with Crippen LogP contribution in [0.15, 0.2) is 0 Å². The molecule has 7 nitrogen and oxygen atoms in total. The highest BCUT2D eigenvalue weighted by Crippen LogP contribution is 2.15. The zero-order valence-electron chi connectivity index (χ0n) is 17.1. The number of carbonyl (C=O) groups excluding carboxylic acids is 2. The van der Waals surface area contributed by atoms with E-state index in [0.29, 0.717) is 25.4 Å². The number of nitrogens with one attached hydrogen (secondary N) is 2. The summed E-state index contributed by atoms with van der Waals surface area (Å²) in [6.45, 7) is 12.2. The van der Waals surface area contributed by atoms with E-state index in [1.54, 1.807) is 0 Å². The van der Waals surface area contributed by atoms with Crippen LogP contribution in [-0.4, -0.2) is 60.8 Å². The van der Waals surface area contributed by atoms with E-state index in [0.717, 1.165) is 32.4 Å². The SMILES string of the molecule is CCC(CC)CN1CCC(CN)N[C@@H](CCNC(=O)OC(C)(C)C)C1=O. The zero-order valence-corrected chi connectivity index (χ0v) is 17.1. The van der Waals surface area contributed by atoms with E-state index in [9.17, 15) is 9.59 Å². The van der Waals surface area contributed by atoms with Gasteiger partial charge in [-0.2, -0.15) is 0 Å². The standard InChI is InChI=1S/C19H38N4O3/c1-6-14(7-2)13-23-11-9-15(12-20)22-16(17(23)24)8-10-21-18(25)26-19(3,4)5/h14-16,22H,6-13,20H2,1-5H3,(H,21,25)/t15?,16-/m0/s1. The molecule has 0 bridgehead atoms. The highest BCUT2D eigenvalue weighted by atomic mass is 16.6. The maximum Gasteiger partial charge on any atom is 0.407 e. The second-order valence-electron chi connectivity index (χ2n) is 8.12. The summed E-state index contributed by atoms with van der Waals surface area (Å²) in [5.41, 5.74) is 5.31. The fourth-order valence-corrected chi connectivity index (χ4v) is 3.15. The van der Waals surface area contributed by atoms with Crippen molar-refractivity contribution in [3.05, 3.63) is 0 Å². The first-order chi connectivity index (χ1) is 12.2. The van der Waals surface area contributed by atoms with Gasteiger partial charge in [-0.3, -0.25) is 4.79 Å². The van der Waals surface area contributed by atoms with E-state index in [4.69, 9.17) is 10.5 Å². The van der Waals surface area contributed by atoms with Crippen LogP contribution in [0, 0.1) is 5.92 Å². The molecule has 0 spiro atoms. The highest BCUT2D eigenvalue weighted by molar-refractivity contribution is 5.82. The number of hydrogen-bond donors (Lipinski definition) is 3. The van der Waals surface area contributed by atoms with E-state index in [2.05, 4.69) is 24.5 Å². The fourth-order valence-electron chi connectivity index (χ4n) is 3.15. The Morgan fingerprint density at radius 3 is 2.58 bits per heavy atom. The number of nitrogens with two attached hydrogens (primary N) is 1. The van der Waals surface area contributed by atoms with Gasteiger partial charge >= 0.3 is 6.09 Å². The molecular weight excluding hydrogens is 332 g/mol. The lowest BCUT2D eigenvalue weighted by Crippen LogP contribution is -2.49. The van der Waals surface area contributed by atoms with Gasteiger partial charge in [0.15, 0.2) is 0 Å². The van der Waals surface area contributed by atoms with Crippen molar-refractivity contribution >= 4 is 12.0 Å². The third-order valence-corrected chi connectivity index (χ3v) is 4.81. The van der Waals surface area contributed by atoms with Crippen molar-refractivity contribution in [1.29, 1.82) is 0 Å². The van der Waals surface area contributed by atoms with Crippen molar-refractivity contribution in [1.82, 2.24) is 15.5 Å². The van der Waals surface area contributed by atoms with E-state index < -0.39 is 11.7 Å². The summed E-state index contributed by atoms with van der Waals surface area (Å²) in [6, 6.07) is -0.201. The molecule has 2 atom stereocenters. The third kappa shape index (κ3) is 7.91. The Morgan fingerprint density at radius 1 is 1.38 bits per heavy atom. The predicted molar refractivity (Wildman–Crippen MR) is 104 cm³/mol. The summed E-state index contributed by atoms with van der Waals surface area (Å²) in [4.78, 5) is 26.7. The lowest BCUT2D eigenvalue weighted by atomic mass is 10.0. The molecular formula is C19H38N4O3. The molecule has 2 amide bonds. The first-order valence-electron chi connectivity index (χ1n) is 9.91. The normalized spacial score (nSPS) is 21.7. The molecule has 0 saturated carbocycles. The maximum absolute atomic E-state index is 13.0. The second kappa shape index (κ2) is 10.7. The molecule has 26 heavy (non-hydrogen) atoms. The molecule has 4 N–H and O–H groups in total. The van der Waals surface area contributed by atoms with E-state index >= 15 is 0 Å². The van der Waals surface area contributed by atoms with Gasteiger partial charge in [-0.05, 0) is 39.5 Å². The quantitative estimate of drug-likeness (QED) is 0.606. The van der Waals surface area contributed by atoms with Crippen LogP contribution < -0.4 is 16.4 Å². The third-order valence-electron chi connectivity index (χ3n) is 4.81. The Kier molecular flexibility index (Phi) is 9.36. The Labute approximate surface area is 158 Å². The van der Waals surface area contributed by atoms with Crippen molar-refractivity contribution < 1.29 is 14.3 Å². The molecule has 0 aliphatic carbocycles. The summed E-state index contributed by atoms with van der Waals surface area (Å²) in [6.07, 6.45) is 3.06. The monoisotopic (exact) mass is 370 g/mol. The Balaban J connectivity index is 2.64. The Morgan fingerprint density at radius 2 is 2.04 bits per heavy atom. The first-order valence-corrected chi connectivity index (χ1v) is 9.91. The Bertz CT molecular complexity index is 447. The molecule has 1 heterocycles. The minimum atomic E-state index is -0.531. The lowest BCUT2D eigenvalue weighted by molar-refractivity contribution is -0.133. The van der Waals surface area contributed by atoms with Gasteiger partial charge in [-0.15, -0.1) is 0 Å². The summed E-state index contributed by atoms with van der Waals surface area (Å²) in [7, 11) is 0. The number of hydrogen-bond acceptors (Lipinski definition) is 5. The molecule has 1 aliphatic rings. The van der Waals surface area contributed by atoms with Crippen LogP contribution in [-0.2, 0) is 9.53 Å². The van der Waals surface area contributed by atoms with Crippen LogP contribution in [0.5, 0.6) is 0 Å². The van der Waals surface area contributed by atoms with Crippen LogP contribution in [0.2, 0.25) is 0 Å². The number of nitrogens with zero attached hydrogens (tertiary/aromatic N) is 1. The van der Waals surface area contributed by atoms with Gasteiger partial charge in [0.25, 0.3) is 0 Å². The summed E-state index contributed by atoms with van der Waals surface area (Å²) in [5, 5.41) is 6.10. The second-order valence-corrected chi connectivity index (χ2v) is 8.12. The average Bonchev–Trinajstić information content (AvgIpc) is 2.71. The number of rotatable bonds is 8. The summed E-state index contributed by atoms with van der Waals surface area (Å²) < 4.78 is 5.24. The van der Waals surface area contributed by atoms with Crippen LogP contribution in [0.4, 0.5) is 4.79 Å². The van der Waals surface area contributed by atoms with Crippen molar-refractivity contribution in [3.8, 4) is 0 Å². The van der Waals surface area contributed by atoms with E-state index in [-0.39, 0.29) is 18.0 Å². The maximum atomic E-state index is 13.0. The number of carbonyl (C=O) groups is 2. The number of amides is 2. The zero-order chi connectivity index (χ0) is 19.7.